The maximum absolute atomic E-state index is 6.47. The lowest BCUT2D eigenvalue weighted by Crippen LogP contribution is -2.28. The van der Waals surface area contributed by atoms with E-state index in [4.69, 9.17) is 14.4 Å². The first-order chi connectivity index (χ1) is 18.3. The van der Waals surface area contributed by atoms with Crippen LogP contribution in [0.15, 0.2) is 82.2 Å². The van der Waals surface area contributed by atoms with E-state index in [0.717, 1.165) is 55.6 Å². The van der Waals surface area contributed by atoms with Crippen molar-refractivity contribution in [2.45, 2.75) is 70.8 Å². The van der Waals surface area contributed by atoms with Gasteiger partial charge in [0.1, 0.15) is 0 Å². The SMILES string of the molecule is CCCCCCC(NCC1c2ccccc2-c2ccccc21)c1nc2ccccc2c(=NCCCC)o1. The molecule has 0 amide bonds. The second kappa shape index (κ2) is 12.3. The van der Waals surface area contributed by atoms with Gasteiger partial charge in [-0.1, -0.05) is 107 Å². The Labute approximate surface area is 220 Å². The summed E-state index contributed by atoms with van der Waals surface area (Å²) >= 11 is 0. The minimum absolute atomic E-state index is 0.0431. The van der Waals surface area contributed by atoms with Gasteiger partial charge in [0.15, 0.2) is 0 Å². The van der Waals surface area contributed by atoms with Gasteiger partial charge in [-0.25, -0.2) is 4.98 Å². The van der Waals surface area contributed by atoms with Crippen LogP contribution in [0.1, 0.15) is 87.8 Å². The monoisotopic (exact) mass is 493 g/mol. The summed E-state index contributed by atoms with van der Waals surface area (Å²) in [5, 5.41) is 4.89. The van der Waals surface area contributed by atoms with Gasteiger partial charge in [0.2, 0.25) is 11.4 Å². The van der Waals surface area contributed by atoms with Gasteiger partial charge < -0.3 is 9.73 Å². The van der Waals surface area contributed by atoms with Gasteiger partial charge in [0.05, 0.1) is 16.9 Å². The molecule has 3 aromatic carbocycles. The number of hydrogen-bond donors (Lipinski definition) is 1. The maximum Gasteiger partial charge on any atom is 0.225 e. The summed E-state index contributed by atoms with van der Waals surface area (Å²) in [5.41, 5.74) is 7.19. The molecule has 0 fully saturated rings. The summed E-state index contributed by atoms with van der Waals surface area (Å²) < 4.78 is 6.47. The molecule has 0 radical (unpaired) electrons. The second-order valence-electron chi connectivity index (χ2n) is 10.1. The summed E-state index contributed by atoms with van der Waals surface area (Å²) in [7, 11) is 0. The first-order valence-electron chi connectivity index (χ1n) is 14.1. The average molecular weight is 494 g/mol. The van der Waals surface area contributed by atoms with E-state index in [9.17, 15) is 0 Å². The predicted octanol–water partition coefficient (Wildman–Crippen LogP) is 7.94. The molecule has 4 heteroatoms. The lowest BCUT2D eigenvalue weighted by atomic mass is 9.96. The number of benzene rings is 3. The van der Waals surface area contributed by atoms with Crippen molar-refractivity contribution < 1.29 is 4.42 Å². The van der Waals surface area contributed by atoms with Crippen molar-refractivity contribution in [3.63, 3.8) is 0 Å². The number of nitrogens with zero attached hydrogens (tertiary/aromatic N) is 2. The van der Waals surface area contributed by atoms with Crippen LogP contribution in [0.3, 0.4) is 0 Å². The Hall–Kier alpha value is -3.24. The Morgan fingerprint density at radius 1 is 0.811 bits per heavy atom. The fourth-order valence-electron chi connectivity index (χ4n) is 5.48. The summed E-state index contributed by atoms with van der Waals surface area (Å²) in [4.78, 5) is 9.85. The van der Waals surface area contributed by atoms with E-state index in [-0.39, 0.29) is 6.04 Å². The number of unbranched alkanes of at least 4 members (excludes halogenated alkanes) is 4. The van der Waals surface area contributed by atoms with Crippen LogP contribution in [-0.4, -0.2) is 18.1 Å². The number of nitrogens with one attached hydrogen (secondary N) is 1. The maximum atomic E-state index is 6.47. The van der Waals surface area contributed by atoms with Crippen LogP contribution in [0.5, 0.6) is 0 Å². The molecule has 1 atom stereocenters. The van der Waals surface area contributed by atoms with Crippen molar-refractivity contribution in [2.75, 3.05) is 13.1 Å². The van der Waals surface area contributed by atoms with E-state index in [1.807, 2.05) is 12.1 Å². The third-order valence-corrected chi connectivity index (χ3v) is 7.51. The summed E-state index contributed by atoms with van der Waals surface area (Å²) in [6.45, 7) is 6.07. The standard InChI is InChI=1S/C33H39N3O/c1-3-5-7-8-21-31(33-36-30-20-14-13-19-28(30)32(37-33)34-22-6-4-2)35-23-29-26-17-11-9-15-24(26)25-16-10-12-18-27(25)29/h9-20,29,31,35H,3-8,21-23H2,1-2H3. The summed E-state index contributed by atoms with van der Waals surface area (Å²) in [6, 6.07) is 25.9. The number of fused-ring (bicyclic) bond motifs is 4. The summed E-state index contributed by atoms with van der Waals surface area (Å²) in [6.07, 6.45) is 8.04. The van der Waals surface area contributed by atoms with Crippen molar-refractivity contribution >= 4 is 10.9 Å². The van der Waals surface area contributed by atoms with E-state index in [1.165, 1.54) is 41.5 Å². The van der Waals surface area contributed by atoms with Gasteiger partial charge in [-0.2, -0.15) is 0 Å². The van der Waals surface area contributed by atoms with Crippen LogP contribution in [0.25, 0.3) is 22.0 Å². The van der Waals surface area contributed by atoms with Crippen molar-refractivity contribution in [1.82, 2.24) is 10.3 Å². The molecule has 4 nitrogen and oxygen atoms in total. The first-order valence-corrected chi connectivity index (χ1v) is 14.1. The van der Waals surface area contributed by atoms with Gasteiger partial charge in [-0.15, -0.1) is 0 Å². The quantitative estimate of drug-likeness (QED) is 0.204. The molecular formula is C33H39N3O. The molecular weight excluding hydrogens is 454 g/mol. The largest absolute Gasteiger partial charge is 0.423 e. The highest BCUT2D eigenvalue weighted by Gasteiger charge is 2.29. The Kier molecular flexibility index (Phi) is 8.47. The fourth-order valence-corrected chi connectivity index (χ4v) is 5.48. The molecule has 0 saturated heterocycles. The molecule has 1 unspecified atom stereocenters. The van der Waals surface area contributed by atoms with E-state index >= 15 is 0 Å². The van der Waals surface area contributed by atoms with Crippen molar-refractivity contribution in [3.05, 3.63) is 95.4 Å². The zero-order valence-electron chi connectivity index (χ0n) is 22.2. The molecule has 192 valence electrons. The van der Waals surface area contributed by atoms with Crippen LogP contribution in [0, 0.1) is 0 Å². The third kappa shape index (κ3) is 5.70. The van der Waals surface area contributed by atoms with Gasteiger partial charge in [0, 0.05) is 19.0 Å². The Bertz CT molecular complexity index is 1340. The first kappa shape index (κ1) is 25.4. The van der Waals surface area contributed by atoms with Crippen LogP contribution >= 0.6 is 0 Å². The average Bonchev–Trinajstić information content (AvgIpc) is 3.26. The highest BCUT2D eigenvalue weighted by atomic mass is 16.3. The smallest absolute Gasteiger partial charge is 0.225 e. The van der Waals surface area contributed by atoms with Crippen LogP contribution in [0.4, 0.5) is 0 Å². The zero-order valence-corrected chi connectivity index (χ0v) is 22.2. The highest BCUT2D eigenvalue weighted by molar-refractivity contribution is 5.79. The minimum Gasteiger partial charge on any atom is -0.423 e. The van der Waals surface area contributed by atoms with Crippen molar-refractivity contribution in [1.29, 1.82) is 0 Å². The molecule has 0 spiro atoms. The van der Waals surface area contributed by atoms with Crippen LogP contribution in [0.2, 0.25) is 0 Å². The van der Waals surface area contributed by atoms with E-state index in [2.05, 4.69) is 79.8 Å². The van der Waals surface area contributed by atoms with Crippen LogP contribution in [-0.2, 0) is 0 Å². The predicted molar refractivity (Wildman–Crippen MR) is 153 cm³/mol. The Balaban J connectivity index is 1.46. The van der Waals surface area contributed by atoms with Gasteiger partial charge in [-0.3, -0.25) is 4.99 Å². The molecule has 37 heavy (non-hydrogen) atoms. The topological polar surface area (TPSA) is 50.4 Å². The third-order valence-electron chi connectivity index (χ3n) is 7.51. The zero-order chi connectivity index (χ0) is 25.5. The molecule has 0 bridgehead atoms. The Morgan fingerprint density at radius 3 is 2.22 bits per heavy atom. The van der Waals surface area contributed by atoms with E-state index < -0.39 is 0 Å². The molecule has 1 aliphatic rings. The van der Waals surface area contributed by atoms with E-state index in [1.54, 1.807) is 0 Å². The number of hydrogen-bond acceptors (Lipinski definition) is 4. The van der Waals surface area contributed by atoms with Crippen molar-refractivity contribution in [3.8, 4) is 11.1 Å². The number of rotatable bonds is 12. The van der Waals surface area contributed by atoms with Crippen LogP contribution < -0.4 is 10.9 Å². The molecule has 0 aliphatic heterocycles. The molecule has 0 saturated carbocycles. The van der Waals surface area contributed by atoms with Gasteiger partial charge in [-0.05, 0) is 47.2 Å². The Morgan fingerprint density at radius 2 is 1.49 bits per heavy atom. The number of aromatic nitrogens is 1. The van der Waals surface area contributed by atoms with Gasteiger partial charge >= 0.3 is 0 Å². The van der Waals surface area contributed by atoms with E-state index in [0.29, 0.717) is 11.5 Å². The molecule has 1 aliphatic carbocycles. The molecule has 5 rings (SSSR count). The highest BCUT2D eigenvalue weighted by Crippen LogP contribution is 2.44. The molecule has 1 aromatic heterocycles. The lowest BCUT2D eigenvalue weighted by molar-refractivity contribution is 0.339. The fraction of sp³-hybridized carbons (Fsp3) is 0.394. The number of para-hydroxylation sites is 1. The van der Waals surface area contributed by atoms with Crippen molar-refractivity contribution in [2.24, 2.45) is 4.99 Å². The second-order valence-corrected chi connectivity index (χ2v) is 10.1. The molecule has 1 N–H and O–H groups in total. The lowest BCUT2D eigenvalue weighted by Gasteiger charge is -2.21. The summed E-state index contributed by atoms with van der Waals surface area (Å²) in [5.74, 6) is 1.07. The normalized spacial score (nSPS) is 14.2. The molecule has 4 aromatic rings. The minimum atomic E-state index is 0.0431. The molecule has 1 heterocycles. The van der Waals surface area contributed by atoms with Gasteiger partial charge in [0.25, 0.3) is 0 Å².